The number of likely N-dealkylation sites (tertiary alicyclic amines) is 1. The van der Waals surface area contributed by atoms with Gasteiger partial charge in [0.05, 0.1) is 0 Å². The minimum atomic E-state index is -5.96. The fraction of sp³-hybridized carbons (Fsp3) is 0.647. The maximum absolute atomic E-state index is 15.2. The van der Waals surface area contributed by atoms with Gasteiger partial charge in [0.25, 0.3) is 0 Å². The van der Waals surface area contributed by atoms with Crippen molar-refractivity contribution < 1.29 is 34.9 Å². The van der Waals surface area contributed by atoms with E-state index in [1.54, 1.807) is 0 Å². The van der Waals surface area contributed by atoms with E-state index in [0.717, 1.165) is 25.3 Å². The second-order valence-electron chi connectivity index (χ2n) is 7.14. The molecule has 0 N–H and O–H groups in total. The van der Waals surface area contributed by atoms with Crippen LogP contribution in [-0.4, -0.2) is 46.1 Å². The number of methoxy groups -OCH3 is 1. The van der Waals surface area contributed by atoms with Crippen molar-refractivity contribution in [2.45, 2.75) is 30.4 Å². The molecule has 5 nitrogen and oxygen atoms in total. The predicted molar refractivity (Wildman–Crippen MR) is 89.0 cm³/mol. The van der Waals surface area contributed by atoms with Crippen LogP contribution in [0.25, 0.3) is 0 Å². The summed E-state index contributed by atoms with van der Waals surface area (Å²) in [6.45, 7) is 1.30. The van der Waals surface area contributed by atoms with E-state index in [4.69, 9.17) is 4.74 Å². The number of rotatable bonds is 4. The van der Waals surface area contributed by atoms with Gasteiger partial charge in [-0.05, 0) is 26.0 Å². The third-order valence-corrected chi connectivity index (χ3v) is 6.55. The molecule has 1 aliphatic carbocycles. The average molecular weight is 411 g/mol. The summed E-state index contributed by atoms with van der Waals surface area (Å²) >= 11 is 0. The van der Waals surface area contributed by atoms with E-state index in [0.29, 0.717) is 13.1 Å². The predicted octanol–water partition coefficient (Wildman–Crippen LogP) is 3.26. The van der Waals surface area contributed by atoms with Crippen LogP contribution in [-0.2, 0) is 20.5 Å². The fourth-order valence-corrected chi connectivity index (χ4v) is 5.04. The Bertz CT molecular complexity index is 798. The van der Waals surface area contributed by atoms with Crippen LogP contribution in [0.3, 0.4) is 0 Å². The second-order valence-corrected chi connectivity index (χ2v) is 8.68. The first kappa shape index (κ1) is 20.3. The molecule has 3 rings (SSSR count). The van der Waals surface area contributed by atoms with E-state index in [-0.39, 0.29) is 17.4 Å². The first-order valence-corrected chi connectivity index (χ1v) is 9.97. The summed E-state index contributed by atoms with van der Waals surface area (Å²) in [6, 6.07) is 3.59. The number of halogens is 4. The molecular weight excluding hydrogens is 390 g/mol. The minimum Gasteiger partial charge on any atom is -0.373 e. The van der Waals surface area contributed by atoms with Crippen molar-refractivity contribution in [2.75, 3.05) is 27.2 Å². The summed E-state index contributed by atoms with van der Waals surface area (Å²) in [4.78, 5) is 2.12. The smallest absolute Gasteiger partial charge is 0.373 e. The zero-order chi connectivity index (χ0) is 20.0. The number of benzene rings is 1. The summed E-state index contributed by atoms with van der Waals surface area (Å²) in [5.41, 5.74) is -6.63. The van der Waals surface area contributed by atoms with Crippen molar-refractivity contribution in [2.24, 2.45) is 11.8 Å². The third kappa shape index (κ3) is 3.31. The van der Waals surface area contributed by atoms with E-state index in [1.165, 1.54) is 19.2 Å². The lowest BCUT2D eigenvalue weighted by atomic mass is 9.62. The first-order chi connectivity index (χ1) is 12.5. The van der Waals surface area contributed by atoms with Gasteiger partial charge in [-0.3, -0.25) is 0 Å². The van der Waals surface area contributed by atoms with Gasteiger partial charge < -0.3 is 13.8 Å². The standard InChI is InChI=1S/C17H21F4NO4S/c1-22-9-11-5-3-6-12(10-22)16(11,25-2)13-7-4-8-14(15(13)18)26-27(23,24)17(19,20)21/h4,7-8,11-12H,3,5-6,9-10H2,1-2H3/t11-,12+,16?. The Balaban J connectivity index is 2.07. The van der Waals surface area contributed by atoms with Crippen LogP contribution in [0.15, 0.2) is 18.2 Å². The number of ether oxygens (including phenoxy) is 1. The Morgan fingerprint density at radius 2 is 1.78 bits per heavy atom. The van der Waals surface area contributed by atoms with Gasteiger partial charge in [-0.2, -0.15) is 21.6 Å². The number of hydrogen-bond acceptors (Lipinski definition) is 5. The molecule has 2 bridgehead atoms. The molecule has 1 saturated heterocycles. The molecule has 1 aromatic rings. The molecule has 27 heavy (non-hydrogen) atoms. The Kier molecular flexibility index (Phi) is 5.19. The van der Waals surface area contributed by atoms with Gasteiger partial charge in [0, 0.05) is 37.6 Å². The highest BCUT2D eigenvalue weighted by Crippen LogP contribution is 2.52. The lowest BCUT2D eigenvalue weighted by molar-refractivity contribution is -0.167. The average Bonchev–Trinajstić information content (AvgIpc) is 2.55. The van der Waals surface area contributed by atoms with Crippen LogP contribution in [0.4, 0.5) is 17.6 Å². The normalized spacial score (nSPS) is 29.6. The molecule has 2 aliphatic rings. The van der Waals surface area contributed by atoms with Crippen molar-refractivity contribution in [3.05, 3.63) is 29.6 Å². The minimum absolute atomic E-state index is 0.0441. The van der Waals surface area contributed by atoms with Crippen LogP contribution in [0.5, 0.6) is 5.75 Å². The van der Waals surface area contributed by atoms with E-state index >= 15 is 4.39 Å². The Labute approximate surface area is 155 Å². The Morgan fingerprint density at radius 1 is 1.19 bits per heavy atom. The lowest BCUT2D eigenvalue weighted by Gasteiger charge is -2.54. The molecule has 0 aromatic heterocycles. The highest BCUT2D eigenvalue weighted by Gasteiger charge is 2.54. The Morgan fingerprint density at radius 3 is 2.30 bits per heavy atom. The number of fused-ring (bicyclic) bond motifs is 2. The van der Waals surface area contributed by atoms with Gasteiger partial charge in [0.1, 0.15) is 5.60 Å². The molecule has 1 heterocycles. The van der Waals surface area contributed by atoms with Crippen LogP contribution in [0.2, 0.25) is 0 Å². The van der Waals surface area contributed by atoms with Crippen molar-refractivity contribution in [1.82, 2.24) is 4.90 Å². The molecule has 152 valence electrons. The summed E-state index contributed by atoms with van der Waals surface area (Å²) in [6.07, 6.45) is 2.51. The summed E-state index contributed by atoms with van der Waals surface area (Å²) in [5, 5.41) is 0. The van der Waals surface area contributed by atoms with Gasteiger partial charge in [-0.15, -0.1) is 0 Å². The highest BCUT2D eigenvalue weighted by atomic mass is 32.2. The van der Waals surface area contributed by atoms with Gasteiger partial charge in [0.2, 0.25) is 0 Å². The first-order valence-electron chi connectivity index (χ1n) is 8.56. The zero-order valence-electron chi connectivity index (χ0n) is 14.9. The fourth-order valence-electron chi connectivity index (χ4n) is 4.58. The quantitative estimate of drug-likeness (QED) is 0.433. The molecule has 0 spiro atoms. The third-order valence-electron chi connectivity index (χ3n) is 5.59. The van der Waals surface area contributed by atoms with Crippen molar-refractivity contribution >= 4 is 10.1 Å². The summed E-state index contributed by atoms with van der Waals surface area (Å²) in [5.74, 6) is -2.24. The van der Waals surface area contributed by atoms with Crippen LogP contribution in [0.1, 0.15) is 24.8 Å². The monoisotopic (exact) mass is 411 g/mol. The molecular formula is C17H21F4NO4S. The van der Waals surface area contributed by atoms with Gasteiger partial charge in [0.15, 0.2) is 11.6 Å². The van der Waals surface area contributed by atoms with Crippen LogP contribution in [0, 0.1) is 17.7 Å². The number of alkyl halides is 3. The summed E-state index contributed by atoms with van der Waals surface area (Å²) < 4.78 is 85.5. The SMILES string of the molecule is COC1(c2cccc(OS(=O)(=O)C(F)(F)F)c2F)[C@@H]2CCC[C@H]1CN(C)C2. The topological polar surface area (TPSA) is 55.8 Å². The molecule has 1 saturated carbocycles. The summed E-state index contributed by atoms with van der Waals surface area (Å²) in [7, 11) is -2.55. The molecule has 0 amide bonds. The van der Waals surface area contributed by atoms with Crippen molar-refractivity contribution in [3.8, 4) is 5.75 Å². The van der Waals surface area contributed by atoms with Crippen LogP contribution < -0.4 is 4.18 Å². The maximum atomic E-state index is 15.2. The van der Waals surface area contributed by atoms with E-state index in [9.17, 15) is 21.6 Å². The number of hydrogen-bond donors (Lipinski definition) is 0. The largest absolute Gasteiger partial charge is 0.534 e. The Hall–Kier alpha value is -1.39. The molecule has 10 heteroatoms. The number of nitrogens with zero attached hydrogens (tertiary/aromatic N) is 1. The maximum Gasteiger partial charge on any atom is 0.534 e. The van der Waals surface area contributed by atoms with Gasteiger partial charge in [-0.1, -0.05) is 18.6 Å². The molecule has 0 radical (unpaired) electrons. The molecule has 3 atom stereocenters. The molecule has 1 unspecified atom stereocenters. The zero-order valence-corrected chi connectivity index (χ0v) is 15.7. The van der Waals surface area contributed by atoms with E-state index < -0.39 is 32.8 Å². The number of piperidine rings is 1. The van der Waals surface area contributed by atoms with Crippen molar-refractivity contribution in [1.29, 1.82) is 0 Å². The molecule has 1 aliphatic heterocycles. The lowest BCUT2D eigenvalue weighted by Crippen LogP contribution is -2.58. The molecule has 2 fully saturated rings. The van der Waals surface area contributed by atoms with E-state index in [1.807, 2.05) is 7.05 Å². The van der Waals surface area contributed by atoms with Gasteiger partial charge >= 0.3 is 15.6 Å². The molecule has 1 aromatic carbocycles. The highest BCUT2D eigenvalue weighted by molar-refractivity contribution is 7.88. The van der Waals surface area contributed by atoms with Crippen molar-refractivity contribution in [3.63, 3.8) is 0 Å². The second kappa shape index (κ2) is 6.89. The van der Waals surface area contributed by atoms with Gasteiger partial charge in [-0.25, -0.2) is 4.39 Å². The van der Waals surface area contributed by atoms with E-state index in [2.05, 4.69) is 9.08 Å². The van der Waals surface area contributed by atoms with Crippen LogP contribution >= 0.6 is 0 Å².